The van der Waals surface area contributed by atoms with E-state index >= 15 is 0 Å². The lowest BCUT2D eigenvalue weighted by Gasteiger charge is -1.96. The number of nitriles is 1. The van der Waals surface area contributed by atoms with Crippen molar-refractivity contribution in [3.8, 4) is 11.8 Å². The number of hydrogen-bond acceptors (Lipinski definition) is 4. The van der Waals surface area contributed by atoms with Crippen molar-refractivity contribution in [2.75, 3.05) is 0 Å². The maximum atomic E-state index is 9.32. The number of aromatic nitrogens is 1. The van der Waals surface area contributed by atoms with Crippen LogP contribution < -0.4 is 0 Å². The van der Waals surface area contributed by atoms with Crippen LogP contribution in [0.3, 0.4) is 0 Å². The molecule has 0 aliphatic carbocycles. The van der Waals surface area contributed by atoms with Gasteiger partial charge < -0.3 is 5.11 Å². The largest absolute Gasteiger partial charge is 0.508 e. The molecule has 0 amide bonds. The third-order valence-corrected chi connectivity index (χ3v) is 3.92. The Labute approximate surface area is 120 Å². The highest BCUT2D eigenvalue weighted by molar-refractivity contribution is 7.19. The molecular weight excluding hydrogens is 268 g/mol. The van der Waals surface area contributed by atoms with Gasteiger partial charge in [0.05, 0.1) is 15.8 Å². The quantitative estimate of drug-likeness (QED) is 0.719. The van der Waals surface area contributed by atoms with Crippen molar-refractivity contribution < 1.29 is 5.11 Å². The number of hydrogen-bond donors (Lipinski definition) is 1. The van der Waals surface area contributed by atoms with Crippen LogP contribution in [0.5, 0.6) is 5.75 Å². The first-order chi connectivity index (χ1) is 9.76. The second kappa shape index (κ2) is 5.16. The van der Waals surface area contributed by atoms with E-state index in [4.69, 9.17) is 0 Å². The van der Waals surface area contributed by atoms with Gasteiger partial charge in [-0.3, -0.25) is 0 Å². The van der Waals surface area contributed by atoms with Crippen molar-refractivity contribution in [3.05, 3.63) is 59.1 Å². The summed E-state index contributed by atoms with van der Waals surface area (Å²) in [4.78, 5) is 4.48. The second-order valence-corrected chi connectivity index (χ2v) is 5.28. The number of thiazole rings is 1. The van der Waals surface area contributed by atoms with Gasteiger partial charge >= 0.3 is 0 Å². The molecule has 96 valence electrons. The van der Waals surface area contributed by atoms with Gasteiger partial charge in [-0.15, -0.1) is 11.3 Å². The Morgan fingerprint density at radius 3 is 2.60 bits per heavy atom. The predicted octanol–water partition coefficient (Wildman–Crippen LogP) is 4.07. The molecule has 0 unspecified atom stereocenters. The molecule has 0 aliphatic heterocycles. The van der Waals surface area contributed by atoms with Crippen LogP contribution in [0.1, 0.15) is 10.6 Å². The van der Waals surface area contributed by atoms with Gasteiger partial charge in [0.25, 0.3) is 0 Å². The van der Waals surface area contributed by atoms with Crippen molar-refractivity contribution in [1.29, 1.82) is 5.26 Å². The highest BCUT2D eigenvalue weighted by atomic mass is 32.1. The van der Waals surface area contributed by atoms with Gasteiger partial charge in [0.2, 0.25) is 0 Å². The Morgan fingerprint density at radius 2 is 1.90 bits per heavy atom. The van der Waals surface area contributed by atoms with Crippen LogP contribution in [0.15, 0.2) is 48.5 Å². The maximum absolute atomic E-state index is 9.32. The topological polar surface area (TPSA) is 56.9 Å². The number of benzene rings is 2. The fourth-order valence-corrected chi connectivity index (χ4v) is 2.80. The van der Waals surface area contributed by atoms with E-state index in [1.54, 1.807) is 30.3 Å². The minimum absolute atomic E-state index is 0.209. The van der Waals surface area contributed by atoms with Gasteiger partial charge in [0, 0.05) is 0 Å². The van der Waals surface area contributed by atoms with Gasteiger partial charge in [0.1, 0.15) is 16.8 Å². The van der Waals surface area contributed by atoms with Crippen LogP contribution in [-0.2, 0) is 0 Å². The van der Waals surface area contributed by atoms with Crippen molar-refractivity contribution in [2.24, 2.45) is 0 Å². The zero-order chi connectivity index (χ0) is 13.9. The fourth-order valence-electron chi connectivity index (χ4n) is 1.87. The Kier molecular flexibility index (Phi) is 3.20. The molecule has 1 aromatic heterocycles. The van der Waals surface area contributed by atoms with Gasteiger partial charge in [-0.1, -0.05) is 24.3 Å². The van der Waals surface area contributed by atoms with Crippen molar-refractivity contribution >= 4 is 33.2 Å². The van der Waals surface area contributed by atoms with Crippen LogP contribution >= 0.6 is 11.3 Å². The molecule has 0 bridgehead atoms. The van der Waals surface area contributed by atoms with Crippen LogP contribution in [0.4, 0.5) is 0 Å². The van der Waals surface area contributed by atoms with Crippen molar-refractivity contribution in [3.63, 3.8) is 0 Å². The van der Waals surface area contributed by atoms with E-state index in [0.717, 1.165) is 15.8 Å². The number of aromatic hydroxyl groups is 1. The summed E-state index contributed by atoms with van der Waals surface area (Å²) in [5, 5.41) is 19.3. The molecule has 0 aliphatic rings. The van der Waals surface area contributed by atoms with Gasteiger partial charge in [0.15, 0.2) is 0 Å². The number of phenolic OH excluding ortho intramolecular Hbond substituents is 1. The summed E-state index contributed by atoms with van der Waals surface area (Å²) >= 11 is 1.50. The van der Waals surface area contributed by atoms with E-state index < -0.39 is 0 Å². The highest BCUT2D eigenvalue weighted by Gasteiger charge is 2.08. The number of nitrogens with zero attached hydrogens (tertiary/aromatic N) is 2. The molecule has 0 radical (unpaired) electrons. The average molecular weight is 278 g/mol. The first-order valence-corrected chi connectivity index (χ1v) is 6.85. The monoisotopic (exact) mass is 278 g/mol. The third kappa shape index (κ3) is 2.40. The van der Waals surface area contributed by atoms with Crippen LogP contribution in [-0.4, -0.2) is 10.1 Å². The van der Waals surface area contributed by atoms with E-state index in [1.165, 1.54) is 11.3 Å². The normalized spacial score (nSPS) is 11.4. The summed E-state index contributed by atoms with van der Waals surface area (Å²) in [6, 6.07) is 16.7. The molecular formula is C16H10N2OS. The minimum atomic E-state index is 0.209. The fraction of sp³-hybridized carbons (Fsp3) is 0. The maximum Gasteiger partial charge on any atom is 0.135 e. The first-order valence-electron chi connectivity index (χ1n) is 6.03. The molecule has 0 saturated carbocycles. The molecule has 4 heteroatoms. The van der Waals surface area contributed by atoms with Crippen molar-refractivity contribution in [2.45, 2.75) is 0 Å². The molecule has 3 nitrogen and oxygen atoms in total. The minimum Gasteiger partial charge on any atom is -0.508 e. The SMILES string of the molecule is N#CC(=Cc1ccc(O)cc1)c1nc2ccccc2s1. The second-order valence-electron chi connectivity index (χ2n) is 4.25. The highest BCUT2D eigenvalue weighted by Crippen LogP contribution is 2.28. The molecule has 0 fully saturated rings. The van der Waals surface area contributed by atoms with Crippen LogP contribution in [0.25, 0.3) is 21.9 Å². The zero-order valence-corrected chi connectivity index (χ0v) is 11.3. The molecule has 1 N–H and O–H groups in total. The number of phenols is 1. The lowest BCUT2D eigenvalue weighted by Crippen LogP contribution is -1.80. The summed E-state index contributed by atoms with van der Waals surface area (Å²) < 4.78 is 1.06. The molecule has 3 rings (SSSR count). The molecule has 2 aromatic carbocycles. The Balaban J connectivity index is 2.05. The Hall–Kier alpha value is -2.64. The lowest BCUT2D eigenvalue weighted by atomic mass is 10.1. The summed E-state index contributed by atoms with van der Waals surface area (Å²) in [6.07, 6.45) is 1.77. The molecule has 0 saturated heterocycles. The summed E-state index contributed by atoms with van der Waals surface area (Å²) in [7, 11) is 0. The number of fused-ring (bicyclic) bond motifs is 1. The van der Waals surface area contributed by atoms with E-state index in [2.05, 4.69) is 11.1 Å². The smallest absolute Gasteiger partial charge is 0.135 e. The van der Waals surface area contributed by atoms with E-state index in [1.807, 2.05) is 24.3 Å². The van der Waals surface area contributed by atoms with Gasteiger partial charge in [-0.25, -0.2) is 4.98 Å². The van der Waals surface area contributed by atoms with E-state index in [0.29, 0.717) is 10.6 Å². The van der Waals surface area contributed by atoms with Crippen molar-refractivity contribution in [1.82, 2.24) is 4.98 Å². The van der Waals surface area contributed by atoms with Gasteiger partial charge in [-0.2, -0.15) is 5.26 Å². The lowest BCUT2D eigenvalue weighted by molar-refractivity contribution is 0.475. The van der Waals surface area contributed by atoms with Crippen LogP contribution in [0, 0.1) is 11.3 Å². The van der Waals surface area contributed by atoms with Gasteiger partial charge in [-0.05, 0) is 35.9 Å². The first kappa shape index (κ1) is 12.4. The predicted molar refractivity (Wildman–Crippen MR) is 81.2 cm³/mol. The molecule has 1 heterocycles. The molecule has 0 spiro atoms. The average Bonchev–Trinajstić information content (AvgIpc) is 2.90. The Bertz CT molecular complexity index is 793. The summed E-state index contributed by atoms with van der Waals surface area (Å²) in [5.74, 6) is 0.209. The summed E-state index contributed by atoms with van der Waals surface area (Å²) in [5.41, 5.74) is 2.29. The zero-order valence-electron chi connectivity index (χ0n) is 10.4. The molecule has 3 aromatic rings. The number of para-hydroxylation sites is 1. The Morgan fingerprint density at radius 1 is 1.15 bits per heavy atom. The molecule has 0 atom stereocenters. The number of allylic oxidation sites excluding steroid dienone is 1. The van der Waals surface area contributed by atoms with E-state index in [-0.39, 0.29) is 5.75 Å². The third-order valence-electron chi connectivity index (χ3n) is 2.85. The van der Waals surface area contributed by atoms with Crippen LogP contribution in [0.2, 0.25) is 0 Å². The van der Waals surface area contributed by atoms with E-state index in [9.17, 15) is 10.4 Å². The standard InChI is InChI=1S/C16H10N2OS/c17-10-12(9-11-5-7-13(19)8-6-11)16-18-14-3-1-2-4-15(14)20-16/h1-9,19H. The number of rotatable bonds is 2. The molecule has 20 heavy (non-hydrogen) atoms. The summed E-state index contributed by atoms with van der Waals surface area (Å²) in [6.45, 7) is 0.